The van der Waals surface area contributed by atoms with Gasteiger partial charge in [0.05, 0.1) is 0 Å². The molecule has 0 amide bonds. The van der Waals surface area contributed by atoms with Gasteiger partial charge in [-0.15, -0.1) is 0 Å². The van der Waals surface area contributed by atoms with Crippen LogP contribution in [0.25, 0.3) is 0 Å². The van der Waals surface area contributed by atoms with Crippen LogP contribution in [0.5, 0.6) is 0 Å². The van der Waals surface area contributed by atoms with E-state index in [2.05, 4.69) is 25.8 Å². The molecule has 1 heteroatoms. The highest BCUT2D eigenvalue weighted by atomic mass is 15.1. The first-order valence-electron chi connectivity index (χ1n) is 17.5. The summed E-state index contributed by atoms with van der Waals surface area (Å²) in [6, 6.07) is 0. The summed E-state index contributed by atoms with van der Waals surface area (Å²) in [5.41, 5.74) is 0. The van der Waals surface area contributed by atoms with Gasteiger partial charge >= 0.3 is 0 Å². The van der Waals surface area contributed by atoms with Gasteiger partial charge in [0, 0.05) is 0 Å². The fourth-order valence-corrected chi connectivity index (χ4v) is 5.62. The standard InChI is InChI=1S/C35H73N/c1-4-6-8-10-12-13-14-15-16-17-18-19-20-21-22-23-24-25-26-27-28-29-31-33-35-36(3)34-32-30-11-9-7-5-2/h4-35H2,1-3H3. The number of hydrogen-bond donors (Lipinski definition) is 0. The Bertz CT molecular complexity index is 366. The van der Waals surface area contributed by atoms with Gasteiger partial charge in [-0.1, -0.05) is 194 Å². The summed E-state index contributed by atoms with van der Waals surface area (Å²) in [5, 5.41) is 0. The second-order valence-electron chi connectivity index (χ2n) is 12.2. The number of hydrogen-bond acceptors (Lipinski definition) is 1. The van der Waals surface area contributed by atoms with Crippen molar-refractivity contribution < 1.29 is 0 Å². The van der Waals surface area contributed by atoms with Gasteiger partial charge < -0.3 is 4.90 Å². The maximum absolute atomic E-state index is 2.57. The summed E-state index contributed by atoms with van der Waals surface area (Å²) in [4.78, 5) is 2.57. The Morgan fingerprint density at radius 3 is 0.611 bits per heavy atom. The highest BCUT2D eigenvalue weighted by molar-refractivity contribution is 4.55. The molecule has 0 unspecified atom stereocenters. The zero-order valence-corrected chi connectivity index (χ0v) is 26.1. The molecular formula is C35H73N. The van der Waals surface area contributed by atoms with Gasteiger partial charge in [-0.2, -0.15) is 0 Å². The van der Waals surface area contributed by atoms with E-state index in [1.807, 2.05) is 0 Å². The lowest BCUT2D eigenvalue weighted by Gasteiger charge is -2.16. The average Bonchev–Trinajstić information content (AvgIpc) is 2.88. The van der Waals surface area contributed by atoms with Crippen molar-refractivity contribution in [3.05, 3.63) is 0 Å². The van der Waals surface area contributed by atoms with Crippen LogP contribution in [0.3, 0.4) is 0 Å². The van der Waals surface area contributed by atoms with E-state index in [4.69, 9.17) is 0 Å². The molecule has 0 aliphatic carbocycles. The highest BCUT2D eigenvalue weighted by Crippen LogP contribution is 2.15. The van der Waals surface area contributed by atoms with Crippen LogP contribution in [0.4, 0.5) is 0 Å². The zero-order valence-electron chi connectivity index (χ0n) is 26.1. The lowest BCUT2D eigenvalue weighted by Crippen LogP contribution is -2.20. The van der Waals surface area contributed by atoms with Crippen LogP contribution in [0, 0.1) is 0 Å². The summed E-state index contributed by atoms with van der Waals surface area (Å²) < 4.78 is 0. The number of nitrogens with zero attached hydrogens (tertiary/aromatic N) is 1. The number of unbranched alkanes of at least 4 members (excludes halogenated alkanes) is 28. The normalized spacial score (nSPS) is 11.7. The van der Waals surface area contributed by atoms with E-state index in [-0.39, 0.29) is 0 Å². The van der Waals surface area contributed by atoms with Crippen LogP contribution in [-0.4, -0.2) is 25.0 Å². The first-order valence-corrected chi connectivity index (χ1v) is 17.5. The molecule has 0 saturated heterocycles. The van der Waals surface area contributed by atoms with Gasteiger partial charge in [0.25, 0.3) is 0 Å². The van der Waals surface area contributed by atoms with Crippen LogP contribution in [-0.2, 0) is 0 Å². The molecular weight excluding hydrogens is 434 g/mol. The molecule has 218 valence electrons. The van der Waals surface area contributed by atoms with Crippen molar-refractivity contribution in [3.8, 4) is 0 Å². The minimum absolute atomic E-state index is 1.31. The predicted molar refractivity (Wildman–Crippen MR) is 167 cm³/mol. The molecule has 1 nitrogen and oxygen atoms in total. The second-order valence-corrected chi connectivity index (χ2v) is 12.2. The summed E-state index contributed by atoms with van der Waals surface area (Å²) >= 11 is 0. The number of rotatable bonds is 32. The van der Waals surface area contributed by atoms with E-state index < -0.39 is 0 Å². The summed E-state index contributed by atoms with van der Waals surface area (Å²) in [6.07, 6.45) is 43.9. The predicted octanol–water partition coefficient (Wildman–Crippen LogP) is 12.7. The maximum Gasteiger partial charge on any atom is -0.00218 e. The Balaban J connectivity index is 3.08. The fourth-order valence-electron chi connectivity index (χ4n) is 5.62. The van der Waals surface area contributed by atoms with Gasteiger partial charge in [-0.25, -0.2) is 0 Å². The van der Waals surface area contributed by atoms with E-state index in [1.165, 1.54) is 206 Å². The first kappa shape index (κ1) is 36.0. The first-order chi connectivity index (χ1) is 17.8. The van der Waals surface area contributed by atoms with E-state index in [1.54, 1.807) is 0 Å². The highest BCUT2D eigenvalue weighted by Gasteiger charge is 1.99. The van der Waals surface area contributed by atoms with Crippen molar-refractivity contribution in [1.82, 2.24) is 4.90 Å². The topological polar surface area (TPSA) is 3.24 Å². The average molecular weight is 508 g/mol. The Hall–Kier alpha value is -0.0400. The van der Waals surface area contributed by atoms with Gasteiger partial charge in [-0.3, -0.25) is 0 Å². The van der Waals surface area contributed by atoms with Crippen molar-refractivity contribution in [2.24, 2.45) is 0 Å². The lowest BCUT2D eigenvalue weighted by atomic mass is 10.0. The van der Waals surface area contributed by atoms with Crippen LogP contribution in [0.2, 0.25) is 0 Å². The van der Waals surface area contributed by atoms with Crippen LogP contribution in [0.1, 0.15) is 206 Å². The van der Waals surface area contributed by atoms with Crippen LogP contribution >= 0.6 is 0 Å². The third-order valence-corrected chi connectivity index (χ3v) is 8.29. The van der Waals surface area contributed by atoms with Crippen molar-refractivity contribution in [1.29, 1.82) is 0 Å². The van der Waals surface area contributed by atoms with E-state index in [0.717, 1.165) is 0 Å². The second kappa shape index (κ2) is 33.0. The maximum atomic E-state index is 2.57. The molecule has 0 aromatic carbocycles. The monoisotopic (exact) mass is 508 g/mol. The van der Waals surface area contributed by atoms with Crippen molar-refractivity contribution in [3.63, 3.8) is 0 Å². The summed E-state index contributed by atoms with van der Waals surface area (Å²) in [7, 11) is 2.32. The molecule has 0 atom stereocenters. The van der Waals surface area contributed by atoms with Crippen molar-refractivity contribution >= 4 is 0 Å². The molecule has 0 rings (SSSR count). The minimum Gasteiger partial charge on any atom is -0.306 e. The van der Waals surface area contributed by atoms with E-state index >= 15 is 0 Å². The quantitative estimate of drug-likeness (QED) is 0.0818. The van der Waals surface area contributed by atoms with Gasteiger partial charge in [0.15, 0.2) is 0 Å². The van der Waals surface area contributed by atoms with Crippen molar-refractivity contribution in [2.45, 2.75) is 206 Å². The minimum atomic E-state index is 1.31. The Morgan fingerprint density at radius 1 is 0.250 bits per heavy atom. The molecule has 0 bridgehead atoms. The zero-order chi connectivity index (χ0) is 26.2. The summed E-state index contributed by atoms with van der Waals surface area (Å²) in [6.45, 7) is 7.23. The molecule has 0 N–H and O–H groups in total. The van der Waals surface area contributed by atoms with Gasteiger partial charge in [0.1, 0.15) is 0 Å². The van der Waals surface area contributed by atoms with Gasteiger partial charge in [-0.05, 0) is 33.0 Å². The Labute approximate surface area is 231 Å². The SMILES string of the molecule is CCCCCCCCCCCCCCCCCCCCCCCCCCN(C)CCCCCCCC. The van der Waals surface area contributed by atoms with E-state index in [0.29, 0.717) is 0 Å². The molecule has 0 fully saturated rings. The third-order valence-electron chi connectivity index (χ3n) is 8.29. The largest absolute Gasteiger partial charge is 0.306 e. The molecule has 0 saturated carbocycles. The van der Waals surface area contributed by atoms with Crippen LogP contribution in [0.15, 0.2) is 0 Å². The van der Waals surface area contributed by atoms with Crippen molar-refractivity contribution in [2.75, 3.05) is 20.1 Å². The lowest BCUT2D eigenvalue weighted by molar-refractivity contribution is 0.314. The van der Waals surface area contributed by atoms with Gasteiger partial charge in [0.2, 0.25) is 0 Å². The molecule has 0 aliphatic rings. The molecule has 0 spiro atoms. The molecule has 0 aromatic heterocycles. The Kier molecular flexibility index (Phi) is 33.0. The molecule has 0 heterocycles. The molecule has 0 aliphatic heterocycles. The molecule has 36 heavy (non-hydrogen) atoms. The van der Waals surface area contributed by atoms with E-state index in [9.17, 15) is 0 Å². The summed E-state index contributed by atoms with van der Waals surface area (Å²) in [5.74, 6) is 0. The third kappa shape index (κ3) is 32.0. The fraction of sp³-hybridized carbons (Fsp3) is 1.00. The molecule has 0 aromatic rings. The Morgan fingerprint density at radius 2 is 0.417 bits per heavy atom. The molecule has 0 radical (unpaired) electrons. The van der Waals surface area contributed by atoms with Crippen LogP contribution < -0.4 is 0 Å². The smallest absolute Gasteiger partial charge is 0.00218 e.